The summed E-state index contributed by atoms with van der Waals surface area (Å²) in [5, 5.41) is 3.06. The van der Waals surface area contributed by atoms with Gasteiger partial charge in [-0.15, -0.1) is 0 Å². The van der Waals surface area contributed by atoms with Gasteiger partial charge in [-0.25, -0.2) is 0 Å². The molecule has 5 heteroatoms. The molecular weight excluding hydrogens is 380 g/mol. The summed E-state index contributed by atoms with van der Waals surface area (Å²) in [6, 6.07) is 13.9. The van der Waals surface area contributed by atoms with E-state index in [0.29, 0.717) is 5.75 Å². The van der Waals surface area contributed by atoms with Crippen molar-refractivity contribution in [3.63, 3.8) is 0 Å². The van der Waals surface area contributed by atoms with Crippen LogP contribution in [0.3, 0.4) is 0 Å². The highest BCUT2D eigenvalue weighted by atomic mass is 79.9. The third-order valence-corrected chi connectivity index (χ3v) is 5.38. The van der Waals surface area contributed by atoms with E-state index in [9.17, 15) is 4.79 Å². The molecule has 4 nitrogen and oxygen atoms in total. The van der Waals surface area contributed by atoms with E-state index in [1.165, 1.54) is 5.56 Å². The van der Waals surface area contributed by atoms with Crippen molar-refractivity contribution in [1.29, 1.82) is 0 Å². The Labute approximate surface area is 157 Å². The van der Waals surface area contributed by atoms with Crippen molar-refractivity contribution in [2.75, 3.05) is 19.0 Å². The molecule has 1 N–H and O–H groups in total. The Bertz CT molecular complexity index is 763. The Morgan fingerprint density at radius 3 is 2.88 bits per heavy atom. The average Bonchev–Trinajstić information content (AvgIpc) is 3.05. The molecule has 25 heavy (non-hydrogen) atoms. The summed E-state index contributed by atoms with van der Waals surface area (Å²) < 4.78 is 6.45. The quantitative estimate of drug-likeness (QED) is 0.806. The lowest BCUT2D eigenvalue weighted by Crippen LogP contribution is -2.39. The molecule has 1 aliphatic rings. The fourth-order valence-electron chi connectivity index (χ4n) is 3.29. The summed E-state index contributed by atoms with van der Waals surface area (Å²) in [5.41, 5.74) is 3.03. The number of amides is 1. The molecule has 0 aromatic heterocycles. The van der Waals surface area contributed by atoms with Gasteiger partial charge in [0, 0.05) is 11.0 Å². The zero-order valence-corrected chi connectivity index (χ0v) is 16.2. The van der Waals surface area contributed by atoms with E-state index >= 15 is 0 Å². The van der Waals surface area contributed by atoms with Gasteiger partial charge in [-0.3, -0.25) is 9.69 Å². The van der Waals surface area contributed by atoms with E-state index in [4.69, 9.17) is 4.74 Å². The smallest absolute Gasteiger partial charge is 0.241 e. The molecule has 0 aliphatic carbocycles. The van der Waals surface area contributed by atoms with Crippen LogP contribution >= 0.6 is 15.9 Å². The fraction of sp³-hybridized carbons (Fsp3) is 0.350. The molecular formula is C20H23BrN2O2. The summed E-state index contributed by atoms with van der Waals surface area (Å²) in [5.74, 6) is 0.725. The number of carbonyl (C=O) groups is 1. The van der Waals surface area contributed by atoms with E-state index in [2.05, 4.69) is 32.2 Å². The third-order valence-electron chi connectivity index (χ3n) is 4.61. The first kappa shape index (κ1) is 18.0. The summed E-state index contributed by atoms with van der Waals surface area (Å²) in [6.45, 7) is 3.71. The average molecular weight is 403 g/mol. The number of likely N-dealkylation sites (tertiary alicyclic amines) is 1. The Kier molecular flexibility index (Phi) is 5.76. The lowest BCUT2D eigenvalue weighted by molar-refractivity contribution is -0.120. The Hall–Kier alpha value is -1.85. The van der Waals surface area contributed by atoms with Gasteiger partial charge in [0.1, 0.15) is 5.75 Å². The van der Waals surface area contributed by atoms with Gasteiger partial charge < -0.3 is 10.1 Å². The van der Waals surface area contributed by atoms with Crippen molar-refractivity contribution < 1.29 is 9.53 Å². The van der Waals surface area contributed by atoms with E-state index < -0.39 is 0 Å². The molecule has 1 atom stereocenters. The summed E-state index contributed by atoms with van der Waals surface area (Å²) in [6.07, 6.45) is 1.91. The standard InChI is InChI=1S/C20H23BrN2O2/c1-14-9-10-19(25-2)17(12-14)22-20(24)18-8-5-11-23(18)13-15-6-3-4-7-16(15)21/h3-4,6-7,9-10,12,18H,5,8,11,13H2,1-2H3,(H,22,24). The number of anilines is 1. The fourth-order valence-corrected chi connectivity index (χ4v) is 3.70. The van der Waals surface area contributed by atoms with E-state index in [0.717, 1.165) is 41.7 Å². The maximum absolute atomic E-state index is 12.9. The van der Waals surface area contributed by atoms with Crippen molar-refractivity contribution in [2.45, 2.75) is 32.4 Å². The van der Waals surface area contributed by atoms with Crippen LogP contribution in [-0.4, -0.2) is 30.5 Å². The van der Waals surface area contributed by atoms with Gasteiger partial charge in [-0.1, -0.05) is 40.2 Å². The van der Waals surface area contributed by atoms with Crippen LogP contribution in [0.4, 0.5) is 5.69 Å². The van der Waals surface area contributed by atoms with E-state index in [1.807, 2.05) is 43.3 Å². The predicted molar refractivity (Wildman–Crippen MR) is 104 cm³/mol. The highest BCUT2D eigenvalue weighted by molar-refractivity contribution is 9.10. The van der Waals surface area contributed by atoms with Gasteiger partial charge >= 0.3 is 0 Å². The maximum Gasteiger partial charge on any atom is 0.241 e. The molecule has 132 valence electrons. The summed E-state index contributed by atoms with van der Waals surface area (Å²) in [7, 11) is 1.62. The number of halogens is 1. The van der Waals surface area contributed by atoms with E-state index in [-0.39, 0.29) is 11.9 Å². The van der Waals surface area contributed by atoms with Gasteiger partial charge in [-0.05, 0) is 55.6 Å². The molecule has 1 amide bonds. The van der Waals surface area contributed by atoms with Crippen molar-refractivity contribution in [3.05, 3.63) is 58.1 Å². The van der Waals surface area contributed by atoms with Crippen molar-refractivity contribution >= 4 is 27.5 Å². The number of methoxy groups -OCH3 is 1. The van der Waals surface area contributed by atoms with Gasteiger partial charge in [0.25, 0.3) is 0 Å². The van der Waals surface area contributed by atoms with Crippen LogP contribution in [0.15, 0.2) is 46.9 Å². The van der Waals surface area contributed by atoms with Crippen LogP contribution in [0, 0.1) is 6.92 Å². The monoisotopic (exact) mass is 402 g/mol. The molecule has 1 heterocycles. The molecule has 2 aromatic carbocycles. The first-order chi connectivity index (χ1) is 12.1. The molecule has 0 bridgehead atoms. The Morgan fingerprint density at radius 1 is 1.32 bits per heavy atom. The first-order valence-corrected chi connectivity index (χ1v) is 9.30. The first-order valence-electron chi connectivity index (χ1n) is 8.51. The molecule has 0 saturated carbocycles. The van der Waals surface area contributed by atoms with Crippen LogP contribution in [0.1, 0.15) is 24.0 Å². The molecule has 2 aromatic rings. The second kappa shape index (κ2) is 8.02. The number of aryl methyl sites for hydroxylation is 1. The second-order valence-electron chi connectivity index (χ2n) is 6.41. The third kappa shape index (κ3) is 4.22. The summed E-state index contributed by atoms with van der Waals surface area (Å²) in [4.78, 5) is 15.1. The van der Waals surface area contributed by atoms with Gasteiger partial charge in [0.15, 0.2) is 0 Å². The minimum Gasteiger partial charge on any atom is -0.495 e. The lowest BCUT2D eigenvalue weighted by atomic mass is 10.1. The van der Waals surface area contributed by atoms with Crippen molar-refractivity contribution in [2.24, 2.45) is 0 Å². The topological polar surface area (TPSA) is 41.6 Å². The zero-order valence-electron chi connectivity index (χ0n) is 14.6. The Balaban J connectivity index is 1.73. The number of nitrogens with zero attached hydrogens (tertiary/aromatic N) is 1. The Morgan fingerprint density at radius 2 is 2.12 bits per heavy atom. The highest BCUT2D eigenvalue weighted by Gasteiger charge is 2.31. The second-order valence-corrected chi connectivity index (χ2v) is 7.27. The molecule has 1 aliphatic heterocycles. The number of hydrogen-bond acceptors (Lipinski definition) is 3. The number of hydrogen-bond donors (Lipinski definition) is 1. The van der Waals surface area contributed by atoms with Crippen molar-refractivity contribution in [3.8, 4) is 5.75 Å². The number of benzene rings is 2. The molecule has 1 saturated heterocycles. The van der Waals surface area contributed by atoms with Crippen molar-refractivity contribution in [1.82, 2.24) is 4.90 Å². The number of nitrogens with one attached hydrogen (secondary N) is 1. The zero-order chi connectivity index (χ0) is 17.8. The molecule has 0 spiro atoms. The minimum atomic E-state index is -0.114. The van der Waals surface area contributed by atoms with Crippen LogP contribution in [0.25, 0.3) is 0 Å². The minimum absolute atomic E-state index is 0.0356. The predicted octanol–water partition coefficient (Wildman–Crippen LogP) is 4.37. The number of ether oxygens (including phenoxy) is 1. The van der Waals surface area contributed by atoms with Gasteiger partial charge in [0.2, 0.25) is 5.91 Å². The lowest BCUT2D eigenvalue weighted by Gasteiger charge is -2.24. The van der Waals surface area contributed by atoms with Crippen LogP contribution < -0.4 is 10.1 Å². The van der Waals surface area contributed by atoms with Crippen LogP contribution in [-0.2, 0) is 11.3 Å². The normalized spacial score (nSPS) is 17.5. The number of carbonyl (C=O) groups excluding carboxylic acids is 1. The molecule has 1 unspecified atom stereocenters. The molecule has 3 rings (SSSR count). The number of rotatable bonds is 5. The van der Waals surface area contributed by atoms with Gasteiger partial charge in [0.05, 0.1) is 18.8 Å². The molecule has 1 fully saturated rings. The maximum atomic E-state index is 12.9. The molecule has 0 radical (unpaired) electrons. The van der Waals surface area contributed by atoms with E-state index in [1.54, 1.807) is 7.11 Å². The van der Waals surface area contributed by atoms with Crippen LogP contribution in [0.5, 0.6) is 5.75 Å². The highest BCUT2D eigenvalue weighted by Crippen LogP contribution is 2.28. The summed E-state index contributed by atoms with van der Waals surface area (Å²) >= 11 is 3.60. The van der Waals surface area contributed by atoms with Gasteiger partial charge in [-0.2, -0.15) is 0 Å². The largest absolute Gasteiger partial charge is 0.495 e. The van der Waals surface area contributed by atoms with Crippen LogP contribution in [0.2, 0.25) is 0 Å². The SMILES string of the molecule is COc1ccc(C)cc1NC(=O)C1CCCN1Cc1ccccc1Br.